The lowest BCUT2D eigenvalue weighted by atomic mass is 10.1. The van der Waals surface area contributed by atoms with Crippen LogP contribution in [0.3, 0.4) is 0 Å². The second kappa shape index (κ2) is 8.86. The lowest BCUT2D eigenvalue weighted by Crippen LogP contribution is -2.35. The zero-order chi connectivity index (χ0) is 21.0. The number of carbonyl (C=O) groups excluding carboxylic acids is 1. The average Bonchev–Trinajstić information content (AvgIpc) is 2.71. The summed E-state index contributed by atoms with van der Waals surface area (Å²) in [4.78, 5) is 30.4. The predicted octanol–water partition coefficient (Wildman–Crippen LogP) is 2.93. The number of nitrogens with zero attached hydrogens (tertiary/aromatic N) is 3. The Morgan fingerprint density at radius 3 is 2.83 bits per heavy atom. The first-order valence-electron chi connectivity index (χ1n) is 9.98. The minimum atomic E-state index is -0.396. The molecule has 1 amide bonds. The summed E-state index contributed by atoms with van der Waals surface area (Å²) in [6.07, 6.45) is 7.39. The van der Waals surface area contributed by atoms with Gasteiger partial charge in [-0.2, -0.15) is 0 Å². The number of pyridine rings is 2. The molecule has 29 heavy (non-hydrogen) atoms. The number of nitrogens with one attached hydrogen (secondary N) is 2. The van der Waals surface area contributed by atoms with Crippen molar-refractivity contribution in [2.75, 3.05) is 6.54 Å². The minimum Gasteiger partial charge on any atom is -0.348 e. The van der Waals surface area contributed by atoms with Crippen LogP contribution in [0.2, 0.25) is 0 Å². The number of fused-ring (bicyclic) bond motifs is 2. The van der Waals surface area contributed by atoms with E-state index in [2.05, 4.69) is 23.8 Å². The number of aromatic nitrogens is 3. The smallest absolute Gasteiger partial charge is 0.267 e. The molecule has 0 saturated carbocycles. The fourth-order valence-electron chi connectivity index (χ4n) is 3.39. The van der Waals surface area contributed by atoms with Crippen molar-refractivity contribution in [2.45, 2.75) is 46.1 Å². The van der Waals surface area contributed by atoms with Gasteiger partial charge in [0.05, 0.1) is 10.9 Å². The molecule has 0 aliphatic heterocycles. The van der Waals surface area contributed by atoms with E-state index in [0.717, 1.165) is 31.2 Å². The molecule has 3 aromatic heterocycles. The fraction of sp³-hybridized carbons (Fsp3) is 0.364. The molecule has 0 saturated heterocycles. The number of hydrogen-bond donors (Lipinski definition) is 2. The summed E-state index contributed by atoms with van der Waals surface area (Å²) in [5.74, 6) is -0.396. The van der Waals surface area contributed by atoms with E-state index in [9.17, 15) is 9.59 Å². The van der Waals surface area contributed by atoms with E-state index in [0.29, 0.717) is 29.8 Å². The number of hydrogen-bond acceptors (Lipinski definition) is 4. The third kappa shape index (κ3) is 4.13. The predicted molar refractivity (Wildman–Crippen MR) is 114 cm³/mol. The number of amides is 1. The standard InChI is InChI=1S/C22H27N5O2/c1-4-6-7-8-12-26-19(23)16(21(28)24-11-5-2)13-17-20(26)25-18-10-9-15(3)14-27(18)22(17)29/h5,9-10,13-14,23H,2,4,6-8,11-12H2,1,3H3,(H,24,28). The second-order valence-corrected chi connectivity index (χ2v) is 7.21. The van der Waals surface area contributed by atoms with Gasteiger partial charge in [-0.15, -0.1) is 6.58 Å². The third-order valence-corrected chi connectivity index (χ3v) is 4.94. The van der Waals surface area contributed by atoms with Gasteiger partial charge >= 0.3 is 0 Å². The number of rotatable bonds is 8. The van der Waals surface area contributed by atoms with Gasteiger partial charge in [0.1, 0.15) is 16.8 Å². The van der Waals surface area contributed by atoms with E-state index in [1.807, 2.05) is 13.0 Å². The van der Waals surface area contributed by atoms with E-state index in [1.165, 1.54) is 10.5 Å². The van der Waals surface area contributed by atoms with Crippen LogP contribution >= 0.6 is 0 Å². The quantitative estimate of drug-likeness (QED) is 0.350. The van der Waals surface area contributed by atoms with Gasteiger partial charge in [0.25, 0.3) is 11.5 Å². The van der Waals surface area contributed by atoms with Gasteiger partial charge in [-0.25, -0.2) is 4.98 Å². The molecule has 0 fully saturated rings. The average molecular weight is 393 g/mol. The van der Waals surface area contributed by atoms with Crippen LogP contribution in [0.1, 0.15) is 48.5 Å². The topological polar surface area (TPSA) is 92.2 Å². The molecule has 3 aromatic rings. The lowest BCUT2D eigenvalue weighted by Gasteiger charge is -2.14. The zero-order valence-corrected chi connectivity index (χ0v) is 17.0. The first kappa shape index (κ1) is 20.5. The molecule has 3 rings (SSSR count). The molecule has 3 heterocycles. The van der Waals surface area contributed by atoms with E-state index in [-0.39, 0.29) is 16.6 Å². The maximum Gasteiger partial charge on any atom is 0.267 e. The van der Waals surface area contributed by atoms with Crippen molar-refractivity contribution in [3.8, 4) is 0 Å². The van der Waals surface area contributed by atoms with Crippen molar-refractivity contribution in [2.24, 2.45) is 0 Å². The summed E-state index contributed by atoms with van der Waals surface area (Å²) in [6, 6.07) is 5.19. The lowest BCUT2D eigenvalue weighted by molar-refractivity contribution is 0.0955. The van der Waals surface area contributed by atoms with Crippen LogP contribution in [-0.4, -0.2) is 26.4 Å². The maximum atomic E-state index is 13.2. The second-order valence-electron chi connectivity index (χ2n) is 7.21. The molecule has 7 heteroatoms. The molecule has 0 spiro atoms. The molecule has 0 aromatic carbocycles. The first-order chi connectivity index (χ1) is 14.0. The van der Waals surface area contributed by atoms with Crippen LogP contribution in [0, 0.1) is 12.3 Å². The van der Waals surface area contributed by atoms with Crippen LogP contribution in [0.15, 0.2) is 41.8 Å². The Bertz CT molecular complexity index is 1190. The molecule has 0 bridgehead atoms. The van der Waals surface area contributed by atoms with Gasteiger partial charge in [-0.05, 0) is 31.0 Å². The van der Waals surface area contributed by atoms with Crippen LogP contribution in [0.5, 0.6) is 0 Å². The summed E-state index contributed by atoms with van der Waals surface area (Å²) >= 11 is 0. The molecule has 0 radical (unpaired) electrons. The van der Waals surface area contributed by atoms with E-state index in [4.69, 9.17) is 5.41 Å². The molecule has 2 N–H and O–H groups in total. The zero-order valence-electron chi connectivity index (χ0n) is 17.0. The van der Waals surface area contributed by atoms with Crippen molar-refractivity contribution in [1.82, 2.24) is 19.3 Å². The molecule has 0 atom stereocenters. The molecule has 7 nitrogen and oxygen atoms in total. The minimum absolute atomic E-state index is 0.0684. The first-order valence-corrected chi connectivity index (χ1v) is 9.98. The Morgan fingerprint density at radius 1 is 1.31 bits per heavy atom. The largest absolute Gasteiger partial charge is 0.348 e. The van der Waals surface area contributed by atoms with Gasteiger partial charge in [-0.3, -0.25) is 19.4 Å². The Hall–Kier alpha value is -3.22. The SMILES string of the molecule is C=CCNC(=O)c1cc2c(=O)n3cc(C)ccc3nc2n(CCCCCC)c1=N. The van der Waals surface area contributed by atoms with Crippen LogP contribution in [-0.2, 0) is 6.54 Å². The fourth-order valence-corrected chi connectivity index (χ4v) is 3.39. The van der Waals surface area contributed by atoms with Crippen molar-refractivity contribution >= 4 is 22.6 Å². The van der Waals surface area contributed by atoms with Gasteiger partial charge < -0.3 is 9.88 Å². The van der Waals surface area contributed by atoms with Crippen molar-refractivity contribution in [1.29, 1.82) is 5.41 Å². The molecular formula is C22H27N5O2. The monoisotopic (exact) mass is 393 g/mol. The van der Waals surface area contributed by atoms with Crippen molar-refractivity contribution in [3.63, 3.8) is 0 Å². The highest BCUT2D eigenvalue weighted by Gasteiger charge is 2.17. The van der Waals surface area contributed by atoms with Gasteiger partial charge in [0.15, 0.2) is 0 Å². The van der Waals surface area contributed by atoms with Crippen molar-refractivity contribution in [3.05, 3.63) is 64.0 Å². The van der Waals surface area contributed by atoms with E-state index in [1.54, 1.807) is 22.9 Å². The summed E-state index contributed by atoms with van der Waals surface area (Å²) in [7, 11) is 0. The summed E-state index contributed by atoms with van der Waals surface area (Å²) in [5, 5.41) is 11.7. The molecule has 0 unspecified atom stereocenters. The molecule has 152 valence electrons. The Morgan fingerprint density at radius 2 is 2.10 bits per heavy atom. The Labute approximate surface area is 169 Å². The van der Waals surface area contributed by atoms with E-state index >= 15 is 0 Å². The number of unbranched alkanes of at least 4 members (excludes halogenated alkanes) is 3. The molecule has 0 aliphatic carbocycles. The molecular weight excluding hydrogens is 366 g/mol. The van der Waals surface area contributed by atoms with E-state index < -0.39 is 5.91 Å². The molecule has 0 aliphatic rings. The number of aryl methyl sites for hydroxylation is 2. The Balaban J connectivity index is 2.25. The summed E-state index contributed by atoms with van der Waals surface area (Å²) in [6.45, 7) is 8.47. The summed E-state index contributed by atoms with van der Waals surface area (Å²) < 4.78 is 3.18. The van der Waals surface area contributed by atoms with Crippen LogP contribution in [0.25, 0.3) is 16.7 Å². The highest BCUT2D eigenvalue weighted by molar-refractivity contribution is 5.96. The van der Waals surface area contributed by atoms with Crippen molar-refractivity contribution < 1.29 is 4.79 Å². The highest BCUT2D eigenvalue weighted by Crippen LogP contribution is 2.12. The number of carbonyl (C=O) groups is 1. The normalized spacial score (nSPS) is 11.1. The van der Waals surface area contributed by atoms with Crippen LogP contribution < -0.4 is 16.4 Å². The van der Waals surface area contributed by atoms with Gasteiger partial charge in [0.2, 0.25) is 0 Å². The Kier molecular flexibility index (Phi) is 6.26. The van der Waals surface area contributed by atoms with Gasteiger partial charge in [-0.1, -0.05) is 38.3 Å². The maximum absolute atomic E-state index is 13.2. The van der Waals surface area contributed by atoms with Crippen LogP contribution in [0.4, 0.5) is 0 Å². The third-order valence-electron chi connectivity index (χ3n) is 4.94. The van der Waals surface area contributed by atoms with Gasteiger partial charge in [0, 0.05) is 19.3 Å². The highest BCUT2D eigenvalue weighted by atomic mass is 16.1. The summed E-state index contributed by atoms with van der Waals surface area (Å²) in [5.41, 5.74) is 1.91.